The molecule has 0 N–H and O–H groups in total. The van der Waals surface area contributed by atoms with Gasteiger partial charge in [-0.05, 0) is 17.5 Å². The van der Waals surface area contributed by atoms with Crippen molar-refractivity contribution < 1.29 is 8.57 Å². The van der Waals surface area contributed by atoms with Crippen LogP contribution in [0, 0.1) is 5.41 Å². The van der Waals surface area contributed by atoms with E-state index in [9.17, 15) is 0 Å². The molecule has 0 spiro atoms. The molecule has 0 radical (unpaired) electrons. The van der Waals surface area contributed by atoms with Crippen LogP contribution >= 0.6 is 11.0 Å². The van der Waals surface area contributed by atoms with Crippen molar-refractivity contribution in [3.05, 3.63) is 30.1 Å². The fraction of sp³-hybridized carbons (Fsp3) is 0.385. The van der Waals surface area contributed by atoms with Gasteiger partial charge in [-0.25, -0.2) is 0 Å². The summed E-state index contributed by atoms with van der Waals surface area (Å²) in [5.74, 6) is 0.127. The number of oxime groups is 2. The van der Waals surface area contributed by atoms with E-state index in [2.05, 4.69) is 29.1 Å². The van der Waals surface area contributed by atoms with Gasteiger partial charge >= 0.3 is 0 Å². The van der Waals surface area contributed by atoms with Crippen LogP contribution in [0.5, 0.6) is 0 Å². The van der Waals surface area contributed by atoms with E-state index in [4.69, 9.17) is 8.57 Å². The molecule has 3 aliphatic rings. The van der Waals surface area contributed by atoms with Crippen LogP contribution in [0.15, 0.2) is 34.7 Å². The molecule has 4 rings (SSSR count). The molecule has 5 nitrogen and oxygen atoms in total. The van der Waals surface area contributed by atoms with Crippen LogP contribution in [0.25, 0.3) is 0 Å². The third-order valence-corrected chi connectivity index (χ3v) is 4.94. The fourth-order valence-corrected chi connectivity index (χ4v) is 4.05. The lowest BCUT2D eigenvalue weighted by molar-refractivity contribution is 0.291. The third-order valence-electron chi connectivity index (χ3n) is 3.74. The molecular formula is C13H13N3O2S. The Morgan fingerprint density at radius 3 is 2.89 bits per heavy atom. The molecule has 3 heterocycles. The summed E-state index contributed by atoms with van der Waals surface area (Å²) in [6, 6.07) is 5.98. The Morgan fingerprint density at radius 1 is 1.26 bits per heavy atom. The maximum absolute atomic E-state index is 5.35. The summed E-state index contributed by atoms with van der Waals surface area (Å²) in [6.45, 7) is 4.42. The van der Waals surface area contributed by atoms with Gasteiger partial charge in [-0.15, -0.1) is 0 Å². The topological polar surface area (TPSA) is 56.1 Å². The molecular weight excluding hydrogens is 262 g/mol. The van der Waals surface area contributed by atoms with Gasteiger partial charge in [0, 0.05) is 12.6 Å². The van der Waals surface area contributed by atoms with Crippen molar-refractivity contribution in [2.24, 2.45) is 15.7 Å². The highest BCUT2D eigenvalue weighted by molar-refractivity contribution is 8.10. The van der Waals surface area contributed by atoms with Gasteiger partial charge < -0.3 is 0 Å². The maximum atomic E-state index is 5.35. The average Bonchev–Trinajstić information content (AvgIpc) is 2.96. The Balaban J connectivity index is 1.88. The lowest BCUT2D eigenvalue weighted by Crippen LogP contribution is -2.43. The highest BCUT2D eigenvalue weighted by Gasteiger charge is 2.50. The number of aromatic nitrogens is 1. The van der Waals surface area contributed by atoms with E-state index >= 15 is 0 Å². The first-order chi connectivity index (χ1) is 9.17. The van der Waals surface area contributed by atoms with E-state index in [-0.39, 0.29) is 11.3 Å². The largest absolute Gasteiger partial charge is 0.288 e. The molecule has 0 saturated heterocycles. The normalized spacial score (nSPS) is 30.1. The third kappa shape index (κ3) is 1.49. The van der Waals surface area contributed by atoms with E-state index in [1.165, 1.54) is 0 Å². The molecule has 0 aromatic carbocycles. The zero-order chi connectivity index (χ0) is 13.0. The predicted octanol–water partition coefficient (Wildman–Crippen LogP) is 2.64. The minimum Gasteiger partial charge on any atom is -0.288 e. The molecule has 1 saturated carbocycles. The van der Waals surface area contributed by atoms with Gasteiger partial charge in [0.25, 0.3) is 0 Å². The number of rotatable bonds is 1. The second kappa shape index (κ2) is 3.66. The lowest BCUT2D eigenvalue weighted by Gasteiger charge is -2.37. The summed E-state index contributed by atoms with van der Waals surface area (Å²) in [4.78, 5) is 5.54. The van der Waals surface area contributed by atoms with Crippen LogP contribution in [-0.4, -0.2) is 21.3 Å². The smallest absolute Gasteiger partial charge is 0.248 e. The zero-order valence-corrected chi connectivity index (χ0v) is 11.5. The molecule has 2 atom stereocenters. The molecule has 0 amide bonds. The number of nitrogens with zero attached hydrogens (tertiary/aromatic N) is 3. The Morgan fingerprint density at radius 2 is 2.11 bits per heavy atom. The second-order valence-corrected chi connectivity index (χ2v) is 6.76. The summed E-state index contributed by atoms with van der Waals surface area (Å²) < 4.78 is 10.6. The monoisotopic (exact) mass is 275 g/mol. The van der Waals surface area contributed by atoms with Crippen LogP contribution in [0.4, 0.5) is 0 Å². The SMILES string of the molecule is CC1(C)CC2=NOS3=C2C(=NO3)[C@H]1c1ccccn1. The molecule has 1 fully saturated rings. The first kappa shape index (κ1) is 11.2. The van der Waals surface area contributed by atoms with E-state index < -0.39 is 11.0 Å². The highest BCUT2D eigenvalue weighted by atomic mass is 32.2. The van der Waals surface area contributed by atoms with E-state index in [0.717, 1.165) is 28.4 Å². The summed E-state index contributed by atoms with van der Waals surface area (Å²) in [7, 11) is 0. The van der Waals surface area contributed by atoms with Crippen LogP contribution in [0.2, 0.25) is 0 Å². The Bertz CT molecular complexity index is 649. The minimum atomic E-state index is -0.723. The molecule has 1 aromatic heterocycles. The van der Waals surface area contributed by atoms with Crippen molar-refractivity contribution in [1.82, 2.24) is 4.98 Å². The Kier molecular flexibility index (Phi) is 2.15. The molecule has 19 heavy (non-hydrogen) atoms. The first-order valence-electron chi connectivity index (χ1n) is 6.19. The van der Waals surface area contributed by atoms with Crippen molar-refractivity contribution in [2.45, 2.75) is 26.2 Å². The number of hydrogen-bond donors (Lipinski definition) is 0. The molecule has 1 aliphatic carbocycles. The van der Waals surface area contributed by atoms with Gasteiger partial charge in [0.05, 0.1) is 11.6 Å². The standard InChI is InChI=1S/C13H13N3O2S/c1-13(2)7-9-12-11(16-18-19(12)17-15-9)10(13)8-5-3-4-6-14-8/h3-6,10H,7H2,1-2H3/t10-,19?/m1/s1. The average molecular weight is 275 g/mol. The highest BCUT2D eigenvalue weighted by Crippen LogP contribution is 2.49. The number of pyridine rings is 1. The zero-order valence-electron chi connectivity index (χ0n) is 10.7. The lowest BCUT2D eigenvalue weighted by atomic mass is 9.65. The second-order valence-electron chi connectivity index (χ2n) is 5.58. The van der Waals surface area contributed by atoms with Gasteiger partial charge in [-0.1, -0.05) is 30.2 Å². The van der Waals surface area contributed by atoms with Gasteiger partial charge in [-0.2, -0.15) is 0 Å². The van der Waals surface area contributed by atoms with Crippen LogP contribution in [0.1, 0.15) is 31.9 Å². The van der Waals surface area contributed by atoms with Gasteiger partial charge in [0.2, 0.25) is 11.0 Å². The molecule has 1 unspecified atom stereocenters. The predicted molar refractivity (Wildman–Crippen MR) is 75.0 cm³/mol. The molecule has 98 valence electrons. The molecule has 1 aromatic rings. The van der Waals surface area contributed by atoms with Gasteiger partial charge in [0.15, 0.2) is 0 Å². The van der Waals surface area contributed by atoms with Crippen LogP contribution in [0.3, 0.4) is 0 Å². The van der Waals surface area contributed by atoms with Gasteiger partial charge in [-0.3, -0.25) is 13.6 Å². The summed E-state index contributed by atoms with van der Waals surface area (Å²) in [5.41, 5.74) is 2.94. The number of hydrogen-bond acceptors (Lipinski definition) is 5. The van der Waals surface area contributed by atoms with Crippen molar-refractivity contribution in [2.75, 3.05) is 0 Å². The Hall–Kier alpha value is -1.69. The van der Waals surface area contributed by atoms with Crippen LogP contribution < -0.4 is 0 Å². The van der Waals surface area contributed by atoms with E-state index in [1.807, 2.05) is 24.4 Å². The summed E-state index contributed by atoms with van der Waals surface area (Å²) in [5, 5.41) is 8.37. The minimum absolute atomic E-state index is 0.00799. The Labute approximate surface area is 113 Å². The summed E-state index contributed by atoms with van der Waals surface area (Å²) in [6.07, 6.45) is 2.68. The maximum Gasteiger partial charge on any atom is 0.248 e. The van der Waals surface area contributed by atoms with Crippen molar-refractivity contribution in [3.63, 3.8) is 0 Å². The van der Waals surface area contributed by atoms with Crippen molar-refractivity contribution in [3.8, 4) is 0 Å². The van der Waals surface area contributed by atoms with Crippen molar-refractivity contribution in [1.29, 1.82) is 0 Å². The van der Waals surface area contributed by atoms with Crippen LogP contribution in [-0.2, 0) is 8.57 Å². The molecule has 2 aliphatic heterocycles. The quantitative estimate of drug-likeness (QED) is 0.740. The fourth-order valence-electron chi connectivity index (χ4n) is 2.94. The molecule has 6 heteroatoms. The van der Waals surface area contributed by atoms with E-state index in [0.29, 0.717) is 0 Å². The van der Waals surface area contributed by atoms with Gasteiger partial charge in [0.1, 0.15) is 16.3 Å². The molecule has 0 bridgehead atoms. The first-order valence-corrected chi connectivity index (χ1v) is 7.27. The van der Waals surface area contributed by atoms with E-state index in [1.54, 1.807) is 0 Å². The van der Waals surface area contributed by atoms with Crippen molar-refractivity contribution >= 4 is 27.3 Å². The summed E-state index contributed by atoms with van der Waals surface area (Å²) >= 11 is -0.723.